The highest BCUT2D eigenvalue weighted by Crippen LogP contribution is 2.22. The lowest BCUT2D eigenvalue weighted by atomic mass is 10.1. The SMILES string of the molecule is COc1ccc(C(=O)O)cc1/C=C/C(=O)N(C(C)C)C(C)C. The van der Waals surface area contributed by atoms with E-state index in [0.717, 1.165) is 0 Å². The van der Waals surface area contributed by atoms with Gasteiger partial charge < -0.3 is 14.7 Å². The molecule has 0 bridgehead atoms. The number of rotatable bonds is 6. The molecule has 0 aliphatic heterocycles. The van der Waals surface area contributed by atoms with E-state index < -0.39 is 5.97 Å². The van der Waals surface area contributed by atoms with Gasteiger partial charge in [0.25, 0.3) is 0 Å². The van der Waals surface area contributed by atoms with Crippen molar-refractivity contribution in [2.75, 3.05) is 7.11 Å². The molecule has 0 fully saturated rings. The third kappa shape index (κ3) is 4.35. The van der Waals surface area contributed by atoms with Crippen LogP contribution in [0, 0.1) is 0 Å². The van der Waals surface area contributed by atoms with E-state index in [-0.39, 0.29) is 23.6 Å². The van der Waals surface area contributed by atoms with Gasteiger partial charge in [-0.05, 0) is 52.0 Å². The van der Waals surface area contributed by atoms with Gasteiger partial charge in [-0.3, -0.25) is 4.79 Å². The molecule has 0 aliphatic rings. The van der Waals surface area contributed by atoms with Crippen LogP contribution in [0.25, 0.3) is 6.08 Å². The lowest BCUT2D eigenvalue weighted by Gasteiger charge is -2.29. The number of aromatic carboxylic acids is 1. The van der Waals surface area contributed by atoms with Crippen molar-refractivity contribution in [3.8, 4) is 5.75 Å². The summed E-state index contributed by atoms with van der Waals surface area (Å²) in [6, 6.07) is 4.71. The van der Waals surface area contributed by atoms with E-state index in [1.165, 1.54) is 25.3 Å². The Morgan fingerprint density at radius 3 is 2.23 bits per heavy atom. The van der Waals surface area contributed by atoms with Crippen LogP contribution in [0.15, 0.2) is 24.3 Å². The summed E-state index contributed by atoms with van der Waals surface area (Å²) in [5.41, 5.74) is 0.709. The van der Waals surface area contributed by atoms with Crippen LogP contribution >= 0.6 is 0 Å². The lowest BCUT2D eigenvalue weighted by Crippen LogP contribution is -2.41. The number of ether oxygens (including phenoxy) is 1. The van der Waals surface area contributed by atoms with Crippen LogP contribution < -0.4 is 4.74 Å². The summed E-state index contributed by atoms with van der Waals surface area (Å²) in [5, 5.41) is 9.04. The van der Waals surface area contributed by atoms with E-state index in [9.17, 15) is 9.59 Å². The maximum atomic E-state index is 12.3. The van der Waals surface area contributed by atoms with Gasteiger partial charge in [-0.25, -0.2) is 4.79 Å². The van der Waals surface area contributed by atoms with Crippen molar-refractivity contribution in [2.24, 2.45) is 0 Å². The fraction of sp³-hybridized carbons (Fsp3) is 0.412. The number of carboxylic acids is 1. The van der Waals surface area contributed by atoms with E-state index in [1.807, 2.05) is 27.7 Å². The van der Waals surface area contributed by atoms with Crippen LogP contribution in [0.2, 0.25) is 0 Å². The maximum absolute atomic E-state index is 12.3. The summed E-state index contributed by atoms with van der Waals surface area (Å²) in [6.45, 7) is 7.82. The summed E-state index contributed by atoms with van der Waals surface area (Å²) < 4.78 is 5.20. The largest absolute Gasteiger partial charge is 0.496 e. The van der Waals surface area contributed by atoms with E-state index in [1.54, 1.807) is 17.0 Å². The van der Waals surface area contributed by atoms with Gasteiger partial charge in [-0.15, -0.1) is 0 Å². The molecule has 0 saturated carbocycles. The van der Waals surface area contributed by atoms with Crippen molar-refractivity contribution >= 4 is 18.0 Å². The number of methoxy groups -OCH3 is 1. The Kier molecular flexibility index (Phi) is 6.16. The summed E-state index contributed by atoms with van der Waals surface area (Å²) >= 11 is 0. The highest BCUT2D eigenvalue weighted by Gasteiger charge is 2.17. The number of hydrogen-bond acceptors (Lipinski definition) is 3. The minimum atomic E-state index is -1.02. The van der Waals surface area contributed by atoms with Crippen molar-refractivity contribution in [3.05, 3.63) is 35.4 Å². The minimum Gasteiger partial charge on any atom is -0.496 e. The van der Waals surface area contributed by atoms with E-state index in [0.29, 0.717) is 11.3 Å². The first-order chi connectivity index (χ1) is 10.3. The van der Waals surface area contributed by atoms with Gasteiger partial charge in [0.2, 0.25) is 5.91 Å². The van der Waals surface area contributed by atoms with Crippen LogP contribution in [0.4, 0.5) is 0 Å². The fourth-order valence-corrected chi connectivity index (χ4v) is 2.35. The first-order valence-corrected chi connectivity index (χ1v) is 7.19. The molecule has 0 saturated heterocycles. The minimum absolute atomic E-state index is 0.0874. The number of amides is 1. The van der Waals surface area contributed by atoms with Crippen LogP contribution in [-0.2, 0) is 4.79 Å². The van der Waals surface area contributed by atoms with E-state index in [4.69, 9.17) is 9.84 Å². The third-order valence-corrected chi connectivity index (χ3v) is 3.25. The second-order valence-electron chi connectivity index (χ2n) is 5.53. The van der Waals surface area contributed by atoms with E-state index >= 15 is 0 Å². The maximum Gasteiger partial charge on any atom is 0.335 e. The fourth-order valence-electron chi connectivity index (χ4n) is 2.35. The lowest BCUT2D eigenvalue weighted by molar-refractivity contribution is -0.129. The quantitative estimate of drug-likeness (QED) is 0.820. The van der Waals surface area contributed by atoms with Gasteiger partial charge in [-0.2, -0.15) is 0 Å². The molecule has 5 heteroatoms. The highest BCUT2D eigenvalue weighted by atomic mass is 16.5. The predicted octanol–water partition coefficient (Wildman–Crippen LogP) is 3.05. The van der Waals surface area contributed by atoms with Crippen LogP contribution in [0.1, 0.15) is 43.6 Å². The average Bonchev–Trinajstić information content (AvgIpc) is 2.43. The molecule has 0 atom stereocenters. The highest BCUT2D eigenvalue weighted by molar-refractivity contribution is 5.93. The third-order valence-electron chi connectivity index (χ3n) is 3.25. The topological polar surface area (TPSA) is 66.8 Å². The molecule has 1 N–H and O–H groups in total. The van der Waals surface area contributed by atoms with Crippen molar-refractivity contribution < 1.29 is 19.4 Å². The number of nitrogens with zero attached hydrogens (tertiary/aromatic N) is 1. The zero-order chi connectivity index (χ0) is 16.9. The Morgan fingerprint density at radius 1 is 1.18 bits per heavy atom. The molecule has 1 rings (SSSR count). The Hall–Kier alpha value is -2.30. The molecule has 1 amide bonds. The van der Waals surface area contributed by atoms with Gasteiger partial charge in [0.15, 0.2) is 0 Å². The molecule has 120 valence electrons. The molecule has 0 radical (unpaired) electrons. The van der Waals surface area contributed by atoms with Gasteiger partial charge in [0, 0.05) is 23.7 Å². The van der Waals surface area contributed by atoms with E-state index in [2.05, 4.69) is 0 Å². The van der Waals surface area contributed by atoms with Gasteiger partial charge >= 0.3 is 5.97 Å². The summed E-state index contributed by atoms with van der Waals surface area (Å²) in [6.07, 6.45) is 3.04. The Morgan fingerprint density at radius 2 is 1.77 bits per heavy atom. The number of hydrogen-bond donors (Lipinski definition) is 1. The Bertz CT molecular complexity index is 568. The molecule has 1 aromatic carbocycles. The van der Waals surface area contributed by atoms with Crippen molar-refractivity contribution in [1.82, 2.24) is 4.90 Å². The number of carbonyl (C=O) groups excluding carboxylic acids is 1. The van der Waals surface area contributed by atoms with Crippen LogP contribution in [-0.4, -0.2) is 41.1 Å². The summed E-state index contributed by atoms with van der Waals surface area (Å²) in [5.74, 6) is -0.614. The van der Waals surface area contributed by atoms with Gasteiger partial charge in [0.05, 0.1) is 12.7 Å². The zero-order valence-corrected chi connectivity index (χ0v) is 13.7. The first kappa shape index (κ1) is 17.8. The van der Waals surface area contributed by atoms with Gasteiger partial charge in [-0.1, -0.05) is 0 Å². The summed E-state index contributed by atoms with van der Waals surface area (Å²) in [4.78, 5) is 25.1. The molecule has 0 unspecified atom stereocenters. The first-order valence-electron chi connectivity index (χ1n) is 7.19. The van der Waals surface area contributed by atoms with Crippen molar-refractivity contribution in [2.45, 2.75) is 39.8 Å². The van der Waals surface area contributed by atoms with Crippen molar-refractivity contribution in [1.29, 1.82) is 0 Å². The number of carboxylic acid groups (broad SMARTS) is 1. The monoisotopic (exact) mass is 305 g/mol. The van der Waals surface area contributed by atoms with Gasteiger partial charge in [0.1, 0.15) is 5.75 Å². The molecular formula is C17H23NO4. The van der Waals surface area contributed by atoms with Crippen LogP contribution in [0.5, 0.6) is 5.75 Å². The molecule has 0 heterocycles. The number of benzene rings is 1. The average molecular weight is 305 g/mol. The molecule has 0 spiro atoms. The normalized spacial score (nSPS) is 11.2. The van der Waals surface area contributed by atoms with Crippen molar-refractivity contribution in [3.63, 3.8) is 0 Å². The Labute approximate surface area is 131 Å². The molecule has 5 nitrogen and oxygen atoms in total. The smallest absolute Gasteiger partial charge is 0.335 e. The summed E-state index contributed by atoms with van der Waals surface area (Å²) in [7, 11) is 1.50. The second-order valence-corrected chi connectivity index (χ2v) is 5.53. The predicted molar refractivity (Wildman–Crippen MR) is 86.1 cm³/mol. The standard InChI is InChI=1S/C17H23NO4/c1-11(2)18(12(3)4)16(19)9-7-13-10-14(17(20)21)6-8-15(13)22-5/h6-12H,1-5H3,(H,20,21)/b9-7+. The number of carbonyl (C=O) groups is 2. The zero-order valence-electron chi connectivity index (χ0n) is 13.7. The molecule has 22 heavy (non-hydrogen) atoms. The molecule has 1 aromatic rings. The molecule has 0 aliphatic carbocycles. The Balaban J connectivity index is 3.09. The second kappa shape index (κ2) is 7.64. The van der Waals surface area contributed by atoms with Crippen LogP contribution in [0.3, 0.4) is 0 Å². The molecular weight excluding hydrogens is 282 g/mol. The molecule has 0 aromatic heterocycles.